The van der Waals surface area contributed by atoms with Crippen LogP contribution in [-0.4, -0.2) is 24.5 Å². The molecule has 7 heteroatoms. The average molecular weight is 364 g/mol. The number of carbonyl (C=O) groups is 2. The van der Waals surface area contributed by atoms with Crippen LogP contribution in [0.3, 0.4) is 0 Å². The third kappa shape index (κ3) is 3.80. The fourth-order valence-electron chi connectivity index (χ4n) is 2.59. The third-order valence-corrected chi connectivity index (χ3v) is 4.28. The van der Waals surface area contributed by atoms with E-state index in [0.29, 0.717) is 28.0 Å². The molecule has 2 aromatic carbocycles. The molecule has 2 aromatic rings. The van der Waals surface area contributed by atoms with Crippen molar-refractivity contribution < 1.29 is 9.59 Å². The van der Waals surface area contributed by atoms with E-state index >= 15 is 0 Å². The SMILES string of the molecule is O=C(Nc1ccc(Cl)cc1)NC1CC(=O)N(c2ccccc2Cl)C1. The molecule has 1 heterocycles. The number of amides is 3. The predicted molar refractivity (Wildman–Crippen MR) is 95.8 cm³/mol. The van der Waals surface area contributed by atoms with E-state index in [9.17, 15) is 9.59 Å². The van der Waals surface area contributed by atoms with Gasteiger partial charge in [0.2, 0.25) is 5.91 Å². The molecule has 1 saturated heterocycles. The molecular formula is C17H15Cl2N3O2. The number of benzene rings is 2. The molecule has 1 unspecified atom stereocenters. The maximum atomic E-state index is 12.2. The van der Waals surface area contributed by atoms with Gasteiger partial charge >= 0.3 is 6.03 Å². The highest BCUT2D eigenvalue weighted by Crippen LogP contribution is 2.29. The Morgan fingerprint density at radius 2 is 1.79 bits per heavy atom. The number of urea groups is 1. The molecule has 24 heavy (non-hydrogen) atoms. The first kappa shape index (κ1) is 16.6. The van der Waals surface area contributed by atoms with Gasteiger partial charge in [-0.1, -0.05) is 35.3 Å². The van der Waals surface area contributed by atoms with Crippen LogP contribution in [0.25, 0.3) is 0 Å². The second-order valence-corrected chi connectivity index (χ2v) is 6.31. The van der Waals surface area contributed by atoms with Crippen LogP contribution in [-0.2, 0) is 4.79 Å². The molecule has 0 radical (unpaired) electrons. The summed E-state index contributed by atoms with van der Waals surface area (Å²) in [6, 6.07) is 13.3. The van der Waals surface area contributed by atoms with Crippen LogP contribution >= 0.6 is 23.2 Å². The minimum atomic E-state index is -0.365. The van der Waals surface area contributed by atoms with Gasteiger partial charge in [0, 0.05) is 23.7 Å². The number of anilines is 2. The number of hydrogen-bond donors (Lipinski definition) is 2. The Kier molecular flexibility index (Phi) is 4.92. The van der Waals surface area contributed by atoms with E-state index in [1.807, 2.05) is 12.1 Å². The lowest BCUT2D eigenvalue weighted by atomic mass is 10.2. The highest BCUT2D eigenvalue weighted by atomic mass is 35.5. The van der Waals surface area contributed by atoms with Crippen LogP contribution in [0.1, 0.15) is 6.42 Å². The lowest BCUT2D eigenvalue weighted by Crippen LogP contribution is -2.39. The van der Waals surface area contributed by atoms with Crippen molar-refractivity contribution in [3.8, 4) is 0 Å². The monoisotopic (exact) mass is 363 g/mol. The molecule has 1 fully saturated rings. The average Bonchev–Trinajstić information content (AvgIpc) is 2.90. The number of halogens is 2. The van der Waals surface area contributed by atoms with Gasteiger partial charge in [-0.15, -0.1) is 0 Å². The number of nitrogens with one attached hydrogen (secondary N) is 2. The Morgan fingerprint density at radius 1 is 1.08 bits per heavy atom. The first-order valence-corrected chi connectivity index (χ1v) is 8.16. The van der Waals surface area contributed by atoms with E-state index in [0.717, 1.165) is 0 Å². The summed E-state index contributed by atoms with van der Waals surface area (Å²) < 4.78 is 0. The molecule has 5 nitrogen and oxygen atoms in total. The first-order valence-electron chi connectivity index (χ1n) is 7.41. The highest BCUT2D eigenvalue weighted by Gasteiger charge is 2.32. The van der Waals surface area contributed by atoms with E-state index in [4.69, 9.17) is 23.2 Å². The van der Waals surface area contributed by atoms with Crippen molar-refractivity contribution in [1.29, 1.82) is 0 Å². The molecule has 0 aliphatic carbocycles. The standard InChI is InChI=1S/C17H15Cl2N3O2/c18-11-5-7-12(8-6-11)20-17(24)21-13-9-16(23)22(10-13)15-4-2-1-3-14(15)19/h1-8,13H,9-10H2,(H2,20,21,24). The van der Waals surface area contributed by atoms with Gasteiger partial charge in [-0.05, 0) is 36.4 Å². The molecule has 0 aromatic heterocycles. The van der Waals surface area contributed by atoms with E-state index in [1.165, 1.54) is 0 Å². The van der Waals surface area contributed by atoms with Gasteiger partial charge in [-0.2, -0.15) is 0 Å². The molecule has 0 bridgehead atoms. The summed E-state index contributed by atoms with van der Waals surface area (Å²) in [6.07, 6.45) is 0.235. The zero-order valence-corrected chi connectivity index (χ0v) is 14.1. The number of hydrogen-bond acceptors (Lipinski definition) is 2. The van der Waals surface area contributed by atoms with Crippen LogP contribution in [0, 0.1) is 0 Å². The largest absolute Gasteiger partial charge is 0.333 e. The topological polar surface area (TPSA) is 61.4 Å². The van der Waals surface area contributed by atoms with Crippen LogP contribution in [0.5, 0.6) is 0 Å². The Bertz CT molecular complexity index is 765. The molecule has 2 N–H and O–H groups in total. The van der Waals surface area contributed by atoms with Crippen LogP contribution < -0.4 is 15.5 Å². The zero-order valence-electron chi connectivity index (χ0n) is 12.6. The van der Waals surface area contributed by atoms with Crippen molar-refractivity contribution in [3.05, 3.63) is 58.6 Å². The lowest BCUT2D eigenvalue weighted by Gasteiger charge is -2.18. The Labute approximate surface area is 149 Å². The second kappa shape index (κ2) is 7.11. The summed E-state index contributed by atoms with van der Waals surface area (Å²) in [4.78, 5) is 25.8. The van der Waals surface area contributed by atoms with Crippen molar-refractivity contribution >= 4 is 46.5 Å². The van der Waals surface area contributed by atoms with Gasteiger partial charge in [0.1, 0.15) is 0 Å². The normalized spacial score (nSPS) is 17.0. The summed E-state index contributed by atoms with van der Waals surface area (Å²) >= 11 is 11.9. The second-order valence-electron chi connectivity index (χ2n) is 5.46. The molecule has 3 rings (SSSR count). The van der Waals surface area contributed by atoms with Gasteiger partial charge in [-0.3, -0.25) is 4.79 Å². The first-order chi connectivity index (χ1) is 11.5. The molecular weight excluding hydrogens is 349 g/mol. The van der Waals surface area contributed by atoms with Gasteiger partial charge in [0.05, 0.1) is 16.8 Å². The Hall–Kier alpha value is -2.24. The van der Waals surface area contributed by atoms with E-state index < -0.39 is 0 Å². The van der Waals surface area contributed by atoms with Crippen LogP contribution in [0.2, 0.25) is 10.0 Å². The van der Waals surface area contributed by atoms with Gasteiger partial charge in [0.15, 0.2) is 0 Å². The van der Waals surface area contributed by atoms with Crippen LogP contribution in [0.4, 0.5) is 16.2 Å². The van der Waals surface area contributed by atoms with Crippen molar-refractivity contribution in [2.24, 2.45) is 0 Å². The van der Waals surface area contributed by atoms with Gasteiger partial charge < -0.3 is 15.5 Å². The smallest absolute Gasteiger partial charge is 0.319 e. The molecule has 3 amide bonds. The Balaban J connectivity index is 1.61. The Morgan fingerprint density at radius 3 is 2.50 bits per heavy atom. The highest BCUT2D eigenvalue weighted by molar-refractivity contribution is 6.33. The maximum absolute atomic E-state index is 12.2. The summed E-state index contributed by atoms with van der Waals surface area (Å²) in [7, 11) is 0. The van der Waals surface area contributed by atoms with E-state index in [2.05, 4.69) is 10.6 Å². The summed E-state index contributed by atoms with van der Waals surface area (Å²) in [5.74, 6) is -0.0695. The lowest BCUT2D eigenvalue weighted by molar-refractivity contribution is -0.117. The van der Waals surface area contributed by atoms with Gasteiger partial charge in [-0.25, -0.2) is 4.79 Å². The van der Waals surface area contributed by atoms with Crippen molar-refractivity contribution in [1.82, 2.24) is 5.32 Å². The fraction of sp³-hybridized carbons (Fsp3) is 0.176. The minimum absolute atomic E-state index is 0.0695. The minimum Gasteiger partial charge on any atom is -0.333 e. The number of rotatable bonds is 3. The number of carbonyl (C=O) groups excluding carboxylic acids is 2. The van der Waals surface area contributed by atoms with Gasteiger partial charge in [0.25, 0.3) is 0 Å². The summed E-state index contributed by atoms with van der Waals surface area (Å²) in [5, 5.41) is 6.62. The molecule has 1 aliphatic heterocycles. The molecule has 0 saturated carbocycles. The molecule has 1 aliphatic rings. The molecule has 0 spiro atoms. The quantitative estimate of drug-likeness (QED) is 0.867. The van der Waals surface area contributed by atoms with E-state index in [-0.39, 0.29) is 24.4 Å². The number of nitrogens with zero attached hydrogens (tertiary/aromatic N) is 1. The molecule has 1 atom stereocenters. The van der Waals surface area contributed by atoms with Crippen LogP contribution in [0.15, 0.2) is 48.5 Å². The zero-order chi connectivity index (χ0) is 17.1. The predicted octanol–water partition coefficient (Wildman–Crippen LogP) is 3.92. The van der Waals surface area contributed by atoms with Crippen molar-refractivity contribution in [3.63, 3.8) is 0 Å². The summed E-state index contributed by atoms with van der Waals surface area (Å²) in [6.45, 7) is 0.386. The fourth-order valence-corrected chi connectivity index (χ4v) is 2.96. The number of para-hydroxylation sites is 1. The van der Waals surface area contributed by atoms with Crippen molar-refractivity contribution in [2.75, 3.05) is 16.8 Å². The summed E-state index contributed by atoms with van der Waals surface area (Å²) in [5.41, 5.74) is 1.29. The maximum Gasteiger partial charge on any atom is 0.319 e. The third-order valence-electron chi connectivity index (χ3n) is 3.71. The van der Waals surface area contributed by atoms with Crippen molar-refractivity contribution in [2.45, 2.75) is 12.5 Å². The van der Waals surface area contributed by atoms with E-state index in [1.54, 1.807) is 41.3 Å². The molecule has 124 valence electrons.